The summed E-state index contributed by atoms with van der Waals surface area (Å²) in [7, 11) is 0. The maximum atomic E-state index is 11.2. The normalized spacial score (nSPS) is 10.8. The summed E-state index contributed by atoms with van der Waals surface area (Å²) in [6.07, 6.45) is 1.64. The van der Waals surface area contributed by atoms with Crippen molar-refractivity contribution in [2.75, 3.05) is 12.0 Å². The molecule has 1 aromatic carbocycles. The lowest BCUT2D eigenvalue weighted by Gasteiger charge is -2.11. The van der Waals surface area contributed by atoms with Crippen LogP contribution in [0.4, 0.5) is 5.13 Å². The number of carbonyl (C=O) groups excluding carboxylic acids is 1. The minimum Gasteiger partial charge on any atom is -0.490 e. The first-order valence-corrected chi connectivity index (χ1v) is 8.52. The van der Waals surface area contributed by atoms with E-state index in [4.69, 9.17) is 9.47 Å². The Labute approximate surface area is 146 Å². The van der Waals surface area contributed by atoms with E-state index in [2.05, 4.69) is 31.4 Å². The molecule has 8 heteroatoms. The fraction of sp³-hybridized carbons (Fsp3) is 0.267. The van der Waals surface area contributed by atoms with Crippen LogP contribution >= 0.6 is 27.3 Å². The molecule has 0 fully saturated rings. The van der Waals surface area contributed by atoms with Gasteiger partial charge in [0.15, 0.2) is 11.5 Å². The fourth-order valence-corrected chi connectivity index (χ4v) is 2.78. The van der Waals surface area contributed by atoms with E-state index in [1.165, 1.54) is 18.3 Å². The second kappa shape index (κ2) is 8.07. The molecule has 0 radical (unpaired) electrons. The van der Waals surface area contributed by atoms with Gasteiger partial charge in [-0.3, -0.25) is 10.2 Å². The molecular formula is C15H16BrN3O3S. The maximum absolute atomic E-state index is 11.2. The summed E-state index contributed by atoms with van der Waals surface area (Å²) < 4.78 is 11.4. The summed E-state index contributed by atoms with van der Waals surface area (Å²) in [6, 6.07) is 3.44. The zero-order valence-corrected chi connectivity index (χ0v) is 15.3. The number of benzene rings is 1. The van der Waals surface area contributed by atoms with Gasteiger partial charge in [0.25, 0.3) is 0 Å². The van der Waals surface area contributed by atoms with Gasteiger partial charge in [-0.1, -0.05) is 0 Å². The Kier molecular flexibility index (Phi) is 6.12. The average molecular weight is 398 g/mol. The van der Waals surface area contributed by atoms with Crippen molar-refractivity contribution in [2.45, 2.75) is 20.8 Å². The summed E-state index contributed by atoms with van der Waals surface area (Å²) >= 11 is 4.91. The van der Waals surface area contributed by atoms with Gasteiger partial charge in [0.2, 0.25) is 5.13 Å². The molecule has 0 aliphatic rings. The van der Waals surface area contributed by atoms with E-state index >= 15 is 0 Å². The lowest BCUT2D eigenvalue weighted by Crippen LogP contribution is -2.05. The minimum absolute atomic E-state index is 0.367. The van der Waals surface area contributed by atoms with Crippen molar-refractivity contribution in [3.8, 4) is 11.5 Å². The standard InChI is InChI=1S/C15H16BrN3O3S/c1-4-21-13-5-11(12(16)6-14(13)22-10(3)20)7-17-19-15-18-9(2)8-23-15/h5-8H,4H2,1-3H3,(H,18,19). The summed E-state index contributed by atoms with van der Waals surface area (Å²) in [4.78, 5) is 15.4. The van der Waals surface area contributed by atoms with Crippen LogP contribution in [0.2, 0.25) is 0 Å². The highest BCUT2D eigenvalue weighted by atomic mass is 79.9. The van der Waals surface area contributed by atoms with E-state index in [9.17, 15) is 4.79 Å². The monoisotopic (exact) mass is 397 g/mol. The first-order valence-electron chi connectivity index (χ1n) is 6.85. The number of aryl methyl sites for hydroxylation is 1. The van der Waals surface area contributed by atoms with Gasteiger partial charge in [-0.2, -0.15) is 5.10 Å². The number of anilines is 1. The average Bonchev–Trinajstić information content (AvgIpc) is 2.88. The van der Waals surface area contributed by atoms with E-state index < -0.39 is 5.97 Å². The van der Waals surface area contributed by atoms with Crippen molar-refractivity contribution in [3.05, 3.63) is 33.2 Å². The summed E-state index contributed by atoms with van der Waals surface area (Å²) in [5, 5.41) is 6.82. The second-order valence-electron chi connectivity index (χ2n) is 4.51. The quantitative estimate of drug-likeness (QED) is 0.345. The van der Waals surface area contributed by atoms with Crippen molar-refractivity contribution in [1.82, 2.24) is 4.98 Å². The van der Waals surface area contributed by atoms with Crippen molar-refractivity contribution >= 4 is 44.6 Å². The third-order valence-corrected chi connectivity index (χ3v) is 4.15. The molecular weight excluding hydrogens is 382 g/mol. The number of nitrogens with one attached hydrogen (secondary N) is 1. The van der Waals surface area contributed by atoms with Crippen LogP contribution in [0.1, 0.15) is 25.1 Å². The maximum Gasteiger partial charge on any atom is 0.308 e. The predicted molar refractivity (Wildman–Crippen MR) is 94.7 cm³/mol. The zero-order valence-electron chi connectivity index (χ0n) is 12.9. The Hall–Kier alpha value is -1.93. The van der Waals surface area contributed by atoms with Crippen molar-refractivity contribution in [3.63, 3.8) is 0 Å². The molecule has 1 aromatic heterocycles. The minimum atomic E-state index is -0.403. The van der Waals surface area contributed by atoms with Crippen molar-refractivity contribution in [1.29, 1.82) is 0 Å². The fourth-order valence-electron chi connectivity index (χ4n) is 1.72. The van der Waals surface area contributed by atoms with E-state index in [-0.39, 0.29) is 0 Å². The number of hydrogen-bond donors (Lipinski definition) is 1. The zero-order chi connectivity index (χ0) is 16.8. The number of esters is 1. The molecule has 0 aliphatic heterocycles. The van der Waals surface area contributed by atoms with Gasteiger partial charge >= 0.3 is 5.97 Å². The molecule has 0 bridgehead atoms. The van der Waals surface area contributed by atoms with Crippen LogP contribution in [0.5, 0.6) is 11.5 Å². The molecule has 0 aliphatic carbocycles. The van der Waals surface area contributed by atoms with Gasteiger partial charge in [-0.15, -0.1) is 11.3 Å². The molecule has 0 saturated heterocycles. The van der Waals surface area contributed by atoms with Crippen LogP contribution < -0.4 is 14.9 Å². The Balaban J connectivity index is 2.20. The van der Waals surface area contributed by atoms with Crippen LogP contribution in [-0.4, -0.2) is 23.8 Å². The number of hydrazone groups is 1. The predicted octanol–water partition coefficient (Wildman–Crippen LogP) is 3.98. The number of halogens is 1. The van der Waals surface area contributed by atoms with Gasteiger partial charge in [-0.25, -0.2) is 4.98 Å². The largest absolute Gasteiger partial charge is 0.490 e. The molecule has 0 unspecified atom stereocenters. The summed E-state index contributed by atoms with van der Waals surface area (Å²) in [5.74, 6) is 0.449. The van der Waals surface area contributed by atoms with Gasteiger partial charge in [0.05, 0.1) is 18.5 Å². The number of thiazole rings is 1. The molecule has 0 amide bonds. The highest BCUT2D eigenvalue weighted by molar-refractivity contribution is 9.10. The third-order valence-electron chi connectivity index (χ3n) is 2.60. The number of ether oxygens (including phenoxy) is 2. The van der Waals surface area contributed by atoms with Gasteiger partial charge in [0.1, 0.15) is 0 Å². The van der Waals surface area contributed by atoms with Gasteiger partial charge in [-0.05, 0) is 41.9 Å². The first-order chi connectivity index (χ1) is 11.0. The van der Waals surface area contributed by atoms with Gasteiger partial charge in [0, 0.05) is 22.3 Å². The molecule has 0 saturated carbocycles. The van der Waals surface area contributed by atoms with E-state index in [0.29, 0.717) is 18.1 Å². The molecule has 122 valence electrons. The molecule has 0 atom stereocenters. The highest BCUT2D eigenvalue weighted by Crippen LogP contribution is 2.33. The van der Waals surface area contributed by atoms with Gasteiger partial charge < -0.3 is 9.47 Å². The lowest BCUT2D eigenvalue weighted by atomic mass is 10.2. The molecule has 1 N–H and O–H groups in total. The Bertz CT molecular complexity index is 731. The highest BCUT2D eigenvalue weighted by Gasteiger charge is 2.11. The number of rotatable bonds is 6. The Morgan fingerprint density at radius 3 is 2.87 bits per heavy atom. The molecule has 1 heterocycles. The summed E-state index contributed by atoms with van der Waals surface area (Å²) in [5.41, 5.74) is 4.59. The molecule has 2 rings (SSSR count). The molecule has 23 heavy (non-hydrogen) atoms. The van der Waals surface area contributed by atoms with Crippen LogP contribution in [0.25, 0.3) is 0 Å². The Morgan fingerprint density at radius 2 is 2.26 bits per heavy atom. The summed E-state index contributed by atoms with van der Waals surface area (Å²) in [6.45, 7) is 5.59. The van der Waals surface area contributed by atoms with E-state index in [1.54, 1.807) is 18.3 Å². The van der Waals surface area contributed by atoms with E-state index in [0.717, 1.165) is 20.9 Å². The SMILES string of the molecule is CCOc1cc(C=NNc2nc(C)cs2)c(Br)cc1OC(C)=O. The van der Waals surface area contributed by atoms with Crippen LogP contribution in [0.3, 0.4) is 0 Å². The topological polar surface area (TPSA) is 72.8 Å². The van der Waals surface area contributed by atoms with Crippen LogP contribution in [0.15, 0.2) is 27.1 Å². The molecule has 0 spiro atoms. The second-order valence-corrected chi connectivity index (χ2v) is 6.22. The number of carbonyl (C=O) groups is 1. The van der Waals surface area contributed by atoms with Crippen molar-refractivity contribution < 1.29 is 14.3 Å². The van der Waals surface area contributed by atoms with Crippen molar-refractivity contribution in [2.24, 2.45) is 5.10 Å². The molecule has 6 nitrogen and oxygen atoms in total. The van der Waals surface area contributed by atoms with Crippen LogP contribution in [0, 0.1) is 6.92 Å². The first kappa shape index (κ1) is 17.4. The molecule has 2 aromatic rings. The third kappa shape index (κ3) is 5.04. The number of aromatic nitrogens is 1. The number of hydrogen-bond acceptors (Lipinski definition) is 7. The lowest BCUT2D eigenvalue weighted by molar-refractivity contribution is -0.132. The van der Waals surface area contributed by atoms with Crippen LogP contribution in [-0.2, 0) is 4.79 Å². The Morgan fingerprint density at radius 1 is 1.48 bits per heavy atom. The smallest absolute Gasteiger partial charge is 0.308 e. The van der Waals surface area contributed by atoms with E-state index in [1.807, 2.05) is 19.2 Å². The number of nitrogens with zero attached hydrogens (tertiary/aromatic N) is 2.